The Labute approximate surface area is 241 Å². The van der Waals surface area contributed by atoms with E-state index in [1.807, 2.05) is 13.8 Å². The summed E-state index contributed by atoms with van der Waals surface area (Å²) in [5.41, 5.74) is -0.1000. The number of anilines is 1. The number of aromatic nitrogens is 4. The number of allylic oxidation sites excluding steroid dienone is 1. The minimum atomic E-state index is -1.35. The summed E-state index contributed by atoms with van der Waals surface area (Å²) in [6.45, 7) is 3.73. The number of H-pyrrole nitrogens is 1. The van der Waals surface area contributed by atoms with Crippen molar-refractivity contribution in [2.45, 2.75) is 45.8 Å². The third-order valence-electron chi connectivity index (χ3n) is 6.03. The Bertz CT molecular complexity index is 1550. The van der Waals surface area contributed by atoms with Gasteiger partial charge in [0, 0.05) is 40.5 Å². The molecule has 0 aliphatic carbocycles. The largest absolute Gasteiger partial charge is 0.436 e. The Morgan fingerprint density at radius 2 is 1.88 bits per heavy atom. The van der Waals surface area contributed by atoms with Crippen LogP contribution >= 0.6 is 0 Å². The zero-order valence-corrected chi connectivity index (χ0v) is 24.4. The highest BCUT2D eigenvalue weighted by Gasteiger charge is 2.25. The van der Waals surface area contributed by atoms with Crippen LogP contribution in [-0.2, 0) is 27.3 Å². The number of carbonyl (C=O) groups excluding carboxylic acids is 3. The number of imidazole rings is 1. The van der Waals surface area contributed by atoms with Gasteiger partial charge in [0.1, 0.15) is 22.8 Å². The number of nitrogens with zero attached hydrogens (tertiary/aromatic N) is 5. The number of rotatable bonds is 11. The Morgan fingerprint density at radius 1 is 1.17 bits per heavy atom. The second-order valence-electron chi connectivity index (χ2n) is 10.5. The first-order valence-electron chi connectivity index (χ1n) is 13.2. The van der Waals surface area contributed by atoms with E-state index in [9.17, 15) is 28.0 Å². The van der Waals surface area contributed by atoms with E-state index in [1.165, 1.54) is 31.1 Å². The fraction of sp³-hybridized carbons (Fsp3) is 0.429. The number of aromatic amines is 1. The molecule has 14 heteroatoms. The van der Waals surface area contributed by atoms with Gasteiger partial charge in [-0.25, -0.2) is 18.6 Å². The van der Waals surface area contributed by atoms with E-state index in [-0.39, 0.29) is 42.6 Å². The molecule has 0 saturated carbocycles. The summed E-state index contributed by atoms with van der Waals surface area (Å²) in [6.07, 6.45) is 3.47. The maximum Gasteiger partial charge on any atom is 0.410 e. The molecule has 0 saturated heterocycles. The zero-order chi connectivity index (χ0) is 31.1. The quantitative estimate of drug-likeness (QED) is 0.328. The lowest BCUT2D eigenvalue weighted by atomic mass is 10.1. The number of fused-ring (bicyclic) bond motifs is 1. The summed E-state index contributed by atoms with van der Waals surface area (Å²) < 4.78 is 35.3. The smallest absolute Gasteiger partial charge is 0.410 e. The SMILES string of the molecule is CC(C)Cc1ncc(F)c2nc(Cn3cc(F)cc(NC(=O)C(CC/C=C/C(=O)N(C)C)OC(=O)N(C)C)c3=O)[nH]c12. The highest BCUT2D eigenvalue weighted by atomic mass is 19.1. The monoisotopic (exact) mass is 587 g/mol. The van der Waals surface area contributed by atoms with Gasteiger partial charge in [0.05, 0.1) is 24.0 Å². The number of amides is 3. The lowest BCUT2D eigenvalue weighted by Gasteiger charge is -2.19. The molecule has 3 aromatic heterocycles. The molecule has 0 aliphatic rings. The van der Waals surface area contributed by atoms with Gasteiger partial charge in [-0.2, -0.15) is 0 Å². The molecule has 0 fully saturated rings. The van der Waals surface area contributed by atoms with Crippen molar-refractivity contribution in [3.8, 4) is 0 Å². The van der Waals surface area contributed by atoms with Crippen molar-refractivity contribution in [3.63, 3.8) is 0 Å². The molecule has 1 atom stereocenters. The molecule has 3 rings (SSSR count). The Balaban J connectivity index is 1.85. The van der Waals surface area contributed by atoms with Crippen LogP contribution in [-0.4, -0.2) is 81.5 Å². The predicted molar refractivity (Wildman–Crippen MR) is 152 cm³/mol. The summed E-state index contributed by atoms with van der Waals surface area (Å²) in [5.74, 6) is -2.17. The average molecular weight is 588 g/mol. The van der Waals surface area contributed by atoms with Crippen LogP contribution in [0.5, 0.6) is 0 Å². The van der Waals surface area contributed by atoms with Gasteiger partial charge < -0.3 is 29.4 Å². The summed E-state index contributed by atoms with van der Waals surface area (Å²) in [4.78, 5) is 64.1. The van der Waals surface area contributed by atoms with E-state index in [2.05, 4.69) is 20.3 Å². The lowest BCUT2D eigenvalue weighted by molar-refractivity contribution is -0.125. The Hall–Kier alpha value is -4.62. The number of hydrogen-bond acceptors (Lipinski definition) is 7. The van der Waals surface area contributed by atoms with Crippen LogP contribution in [0.2, 0.25) is 0 Å². The maximum absolute atomic E-state index is 14.6. The van der Waals surface area contributed by atoms with E-state index in [0.29, 0.717) is 17.6 Å². The molecule has 0 radical (unpaired) electrons. The molecule has 3 aromatic rings. The molecule has 226 valence electrons. The molecule has 2 N–H and O–H groups in total. The van der Waals surface area contributed by atoms with E-state index in [4.69, 9.17) is 4.74 Å². The van der Waals surface area contributed by atoms with E-state index in [0.717, 1.165) is 27.9 Å². The summed E-state index contributed by atoms with van der Waals surface area (Å²) in [6, 6.07) is 0.847. The van der Waals surface area contributed by atoms with Crippen molar-refractivity contribution >= 4 is 34.6 Å². The maximum atomic E-state index is 14.6. The molecule has 0 bridgehead atoms. The van der Waals surface area contributed by atoms with Gasteiger partial charge in [-0.3, -0.25) is 19.4 Å². The first kappa shape index (κ1) is 31.9. The number of carbonyl (C=O) groups is 3. The second-order valence-corrected chi connectivity index (χ2v) is 10.5. The van der Waals surface area contributed by atoms with Gasteiger partial charge in [0.2, 0.25) is 5.91 Å². The van der Waals surface area contributed by atoms with Gasteiger partial charge in [-0.1, -0.05) is 19.9 Å². The van der Waals surface area contributed by atoms with Gasteiger partial charge in [0.25, 0.3) is 11.5 Å². The minimum absolute atomic E-state index is 0.0105. The van der Waals surface area contributed by atoms with E-state index in [1.54, 1.807) is 14.1 Å². The van der Waals surface area contributed by atoms with Crippen LogP contribution in [0.1, 0.15) is 38.2 Å². The predicted octanol–water partition coefficient (Wildman–Crippen LogP) is 3.07. The molecule has 3 heterocycles. The molecule has 1 unspecified atom stereocenters. The summed E-state index contributed by atoms with van der Waals surface area (Å²) in [5, 5.41) is 2.35. The van der Waals surface area contributed by atoms with Crippen LogP contribution in [0, 0.1) is 17.6 Å². The molecule has 0 aromatic carbocycles. The van der Waals surface area contributed by atoms with Gasteiger partial charge in [-0.15, -0.1) is 0 Å². The minimum Gasteiger partial charge on any atom is -0.436 e. The summed E-state index contributed by atoms with van der Waals surface area (Å²) in [7, 11) is 6.04. The first-order chi connectivity index (χ1) is 19.8. The molecule has 3 amide bonds. The fourth-order valence-corrected chi connectivity index (χ4v) is 3.91. The molecular formula is C28H35F2N7O5. The van der Waals surface area contributed by atoms with Crippen LogP contribution in [0.25, 0.3) is 11.0 Å². The van der Waals surface area contributed by atoms with Gasteiger partial charge in [0.15, 0.2) is 11.9 Å². The van der Waals surface area contributed by atoms with Crippen molar-refractivity contribution in [2.24, 2.45) is 5.92 Å². The van der Waals surface area contributed by atoms with Crippen molar-refractivity contribution in [2.75, 3.05) is 33.5 Å². The van der Waals surface area contributed by atoms with Gasteiger partial charge >= 0.3 is 6.09 Å². The molecule has 12 nitrogen and oxygen atoms in total. The molecule has 0 spiro atoms. The van der Waals surface area contributed by atoms with Crippen molar-refractivity contribution in [1.82, 2.24) is 29.3 Å². The van der Waals surface area contributed by atoms with Crippen LogP contribution < -0.4 is 10.9 Å². The fourth-order valence-electron chi connectivity index (χ4n) is 3.91. The normalized spacial score (nSPS) is 12.1. The third-order valence-corrected chi connectivity index (χ3v) is 6.03. The number of halogens is 2. The number of ether oxygens (including phenoxy) is 1. The molecule has 0 aliphatic heterocycles. The van der Waals surface area contributed by atoms with E-state index < -0.39 is 41.0 Å². The highest BCUT2D eigenvalue weighted by Crippen LogP contribution is 2.21. The second kappa shape index (κ2) is 13.8. The first-order valence-corrected chi connectivity index (χ1v) is 13.2. The van der Waals surface area contributed by atoms with Crippen LogP contribution in [0.3, 0.4) is 0 Å². The summed E-state index contributed by atoms with van der Waals surface area (Å²) >= 11 is 0. The van der Waals surface area contributed by atoms with Crippen molar-refractivity contribution < 1.29 is 27.9 Å². The number of pyridine rings is 2. The number of nitrogens with one attached hydrogen (secondary N) is 2. The average Bonchev–Trinajstić information content (AvgIpc) is 3.34. The zero-order valence-electron chi connectivity index (χ0n) is 24.4. The topological polar surface area (TPSA) is 143 Å². The van der Waals surface area contributed by atoms with E-state index >= 15 is 0 Å². The lowest BCUT2D eigenvalue weighted by Crippen LogP contribution is -2.37. The number of hydrogen-bond donors (Lipinski definition) is 2. The Morgan fingerprint density at radius 3 is 2.52 bits per heavy atom. The van der Waals surface area contributed by atoms with Crippen LogP contribution in [0.15, 0.2) is 35.4 Å². The van der Waals surface area contributed by atoms with Crippen molar-refractivity contribution in [3.05, 3.63) is 64.1 Å². The Kier molecular flexibility index (Phi) is 10.5. The third kappa shape index (κ3) is 8.21. The van der Waals surface area contributed by atoms with Gasteiger partial charge in [-0.05, 0) is 31.3 Å². The standard InChI is InChI=1S/C28H35F2N7O5/c1-16(2)11-19-25-24(18(30)13-31-19)33-22(34-25)15-37-14-17(29)12-20(27(37)40)32-26(39)21(42-28(41)36(5)6)9-7-8-10-23(38)35(3)4/h8,10,12-14,16,21H,7,9,11,15H2,1-6H3,(H,32,39)(H,33,34)/b10-8+. The molecule has 42 heavy (non-hydrogen) atoms. The highest BCUT2D eigenvalue weighted by molar-refractivity contribution is 5.95. The molecular weight excluding hydrogens is 552 g/mol. The number of likely N-dealkylation sites (N-methyl/N-ethyl adjacent to an activating group) is 1. The van der Waals surface area contributed by atoms with Crippen molar-refractivity contribution in [1.29, 1.82) is 0 Å². The van der Waals surface area contributed by atoms with Crippen LogP contribution in [0.4, 0.5) is 19.3 Å².